The SMILES string of the molecule is CC(C)(C)N(C(=O)[O-])[C@H](CC(=O)N1CCn2c(nnc2C(F)(F)F)C1)Cc1cc(F)c(F)cc1F. The maximum atomic E-state index is 14.3. The van der Waals surface area contributed by atoms with Crippen molar-refractivity contribution in [2.75, 3.05) is 6.54 Å². The fourth-order valence-corrected chi connectivity index (χ4v) is 4.11. The molecule has 0 aliphatic carbocycles. The summed E-state index contributed by atoms with van der Waals surface area (Å²) in [6.45, 7) is 3.82. The molecule has 0 saturated carbocycles. The van der Waals surface area contributed by atoms with E-state index in [0.717, 1.165) is 9.47 Å². The molecule has 0 N–H and O–H groups in total. The number of alkyl halides is 3. The fourth-order valence-electron chi connectivity index (χ4n) is 4.11. The number of nitrogens with zero attached hydrogens (tertiary/aromatic N) is 5. The lowest BCUT2D eigenvalue weighted by Gasteiger charge is -2.44. The van der Waals surface area contributed by atoms with Crippen molar-refractivity contribution in [2.24, 2.45) is 0 Å². The summed E-state index contributed by atoms with van der Waals surface area (Å²) in [5.41, 5.74) is -1.48. The van der Waals surface area contributed by atoms with Gasteiger partial charge in [-0.1, -0.05) is 0 Å². The Labute approximate surface area is 196 Å². The van der Waals surface area contributed by atoms with Gasteiger partial charge in [0.1, 0.15) is 11.9 Å². The Kier molecular flexibility index (Phi) is 7.04. The minimum Gasteiger partial charge on any atom is -0.530 e. The molecule has 2 amide bonds. The van der Waals surface area contributed by atoms with Gasteiger partial charge in [-0.2, -0.15) is 13.2 Å². The van der Waals surface area contributed by atoms with E-state index in [0.29, 0.717) is 12.1 Å². The van der Waals surface area contributed by atoms with E-state index in [1.165, 1.54) is 25.7 Å². The molecule has 2 heterocycles. The van der Waals surface area contributed by atoms with Crippen LogP contribution in [0.5, 0.6) is 0 Å². The maximum absolute atomic E-state index is 14.3. The molecule has 2 aromatic rings. The monoisotopic (exact) mass is 506 g/mol. The van der Waals surface area contributed by atoms with Crippen molar-refractivity contribution in [3.05, 3.63) is 46.8 Å². The lowest BCUT2D eigenvalue weighted by atomic mass is 9.95. The smallest absolute Gasteiger partial charge is 0.451 e. The molecule has 1 atom stereocenters. The quantitative estimate of drug-likeness (QED) is 0.459. The summed E-state index contributed by atoms with van der Waals surface area (Å²) in [7, 11) is 0. The molecule has 0 spiro atoms. The van der Waals surface area contributed by atoms with Crippen LogP contribution in [-0.2, 0) is 30.5 Å². The Bertz CT molecular complexity index is 1130. The van der Waals surface area contributed by atoms with Gasteiger partial charge in [0, 0.05) is 37.2 Å². The Morgan fingerprint density at radius 3 is 2.26 bits per heavy atom. The number of hydrogen-bond acceptors (Lipinski definition) is 5. The van der Waals surface area contributed by atoms with E-state index in [4.69, 9.17) is 0 Å². The molecule has 8 nitrogen and oxygen atoms in total. The molecular weight excluding hydrogens is 484 g/mol. The molecule has 1 aromatic heterocycles. The average Bonchev–Trinajstić information content (AvgIpc) is 3.14. The van der Waals surface area contributed by atoms with Crippen LogP contribution in [0.15, 0.2) is 12.1 Å². The number of aromatic nitrogens is 3. The van der Waals surface area contributed by atoms with Gasteiger partial charge in [-0.25, -0.2) is 13.2 Å². The summed E-state index contributed by atoms with van der Waals surface area (Å²) in [4.78, 5) is 27.0. The molecule has 1 aliphatic rings. The molecular formula is C21H22F6N5O3-. The maximum Gasteiger partial charge on any atom is 0.451 e. The molecule has 0 radical (unpaired) electrons. The van der Waals surface area contributed by atoms with Crippen LogP contribution < -0.4 is 5.11 Å². The van der Waals surface area contributed by atoms with Crippen molar-refractivity contribution in [2.45, 2.75) is 64.5 Å². The van der Waals surface area contributed by atoms with Crippen LogP contribution >= 0.6 is 0 Å². The van der Waals surface area contributed by atoms with Crippen molar-refractivity contribution in [1.29, 1.82) is 0 Å². The number of fused-ring (bicyclic) bond motifs is 1. The number of halogens is 6. The van der Waals surface area contributed by atoms with Crippen LogP contribution in [0, 0.1) is 17.5 Å². The van der Waals surface area contributed by atoms with E-state index in [2.05, 4.69) is 10.2 Å². The molecule has 35 heavy (non-hydrogen) atoms. The summed E-state index contributed by atoms with van der Waals surface area (Å²) in [5, 5.41) is 18.6. The number of amides is 2. The number of benzene rings is 1. The van der Waals surface area contributed by atoms with Crippen molar-refractivity contribution in [3.63, 3.8) is 0 Å². The number of carbonyl (C=O) groups is 2. The molecule has 0 bridgehead atoms. The highest BCUT2D eigenvalue weighted by molar-refractivity contribution is 5.78. The van der Waals surface area contributed by atoms with Gasteiger partial charge < -0.3 is 24.3 Å². The molecule has 192 valence electrons. The van der Waals surface area contributed by atoms with Gasteiger partial charge in [0.15, 0.2) is 17.5 Å². The molecule has 0 fully saturated rings. The summed E-state index contributed by atoms with van der Waals surface area (Å²) < 4.78 is 81.4. The van der Waals surface area contributed by atoms with Crippen molar-refractivity contribution >= 4 is 12.0 Å². The van der Waals surface area contributed by atoms with Crippen LogP contribution in [0.2, 0.25) is 0 Å². The van der Waals surface area contributed by atoms with Gasteiger partial charge in [-0.05, 0) is 38.8 Å². The van der Waals surface area contributed by atoms with E-state index in [-0.39, 0.29) is 31.0 Å². The van der Waals surface area contributed by atoms with Gasteiger partial charge in [-0.15, -0.1) is 10.2 Å². The molecule has 3 rings (SSSR count). The van der Waals surface area contributed by atoms with Crippen molar-refractivity contribution in [1.82, 2.24) is 24.6 Å². The second kappa shape index (κ2) is 9.38. The fraction of sp³-hybridized carbons (Fsp3) is 0.524. The predicted molar refractivity (Wildman–Crippen MR) is 106 cm³/mol. The number of carboxylic acid groups (broad SMARTS) is 1. The molecule has 1 aromatic carbocycles. The molecule has 0 saturated heterocycles. The zero-order valence-electron chi connectivity index (χ0n) is 19.0. The third-order valence-electron chi connectivity index (χ3n) is 5.60. The summed E-state index contributed by atoms with van der Waals surface area (Å²) in [6, 6.07) is -0.350. The van der Waals surface area contributed by atoms with E-state index in [9.17, 15) is 41.0 Å². The van der Waals surface area contributed by atoms with E-state index >= 15 is 0 Å². The Balaban J connectivity index is 1.87. The van der Waals surface area contributed by atoms with Gasteiger partial charge in [0.05, 0.1) is 6.54 Å². The standard InChI is InChI=1S/C21H23F6N5O3/c1-20(2,3)32(19(34)35)12(6-11-7-14(23)15(24)9-13(11)22)8-17(33)30-4-5-31-16(10-30)28-29-18(31)21(25,26)27/h7,9,12H,4-6,8,10H2,1-3H3,(H,34,35)/p-1/t12-/m0/s1. The zero-order chi connectivity index (χ0) is 26.3. The third kappa shape index (κ3) is 5.68. The second-order valence-corrected chi connectivity index (χ2v) is 9.13. The summed E-state index contributed by atoms with van der Waals surface area (Å²) in [5.74, 6) is -5.86. The summed E-state index contributed by atoms with van der Waals surface area (Å²) in [6.07, 6.45) is -7.41. The Hall–Kier alpha value is -3.32. The number of carbonyl (C=O) groups excluding carboxylic acids is 2. The minimum absolute atomic E-state index is 0.104. The predicted octanol–water partition coefficient (Wildman–Crippen LogP) is 2.50. The topological polar surface area (TPSA) is 94.4 Å². The van der Waals surface area contributed by atoms with Gasteiger partial charge in [0.2, 0.25) is 11.7 Å². The second-order valence-electron chi connectivity index (χ2n) is 9.13. The average molecular weight is 506 g/mol. The van der Waals surface area contributed by atoms with Crippen molar-refractivity contribution in [3.8, 4) is 0 Å². The van der Waals surface area contributed by atoms with Crippen LogP contribution in [0.3, 0.4) is 0 Å². The minimum atomic E-state index is -4.72. The zero-order valence-corrected chi connectivity index (χ0v) is 19.0. The lowest BCUT2D eigenvalue weighted by molar-refractivity contribution is -0.273. The Morgan fingerprint density at radius 2 is 1.69 bits per heavy atom. The lowest BCUT2D eigenvalue weighted by Crippen LogP contribution is -2.58. The van der Waals surface area contributed by atoms with Crippen LogP contribution in [-0.4, -0.2) is 54.7 Å². The molecule has 0 unspecified atom stereocenters. The first-order chi connectivity index (χ1) is 16.1. The van der Waals surface area contributed by atoms with Crippen LogP contribution in [0.4, 0.5) is 31.1 Å². The first kappa shape index (κ1) is 26.3. The van der Waals surface area contributed by atoms with E-state index in [1.54, 1.807) is 0 Å². The third-order valence-corrected chi connectivity index (χ3v) is 5.60. The van der Waals surface area contributed by atoms with Gasteiger partial charge in [0.25, 0.3) is 0 Å². The summed E-state index contributed by atoms with van der Waals surface area (Å²) >= 11 is 0. The number of rotatable bonds is 5. The van der Waals surface area contributed by atoms with Crippen LogP contribution in [0.1, 0.15) is 44.4 Å². The van der Waals surface area contributed by atoms with Crippen molar-refractivity contribution < 1.29 is 41.0 Å². The van der Waals surface area contributed by atoms with Crippen LogP contribution in [0.25, 0.3) is 0 Å². The highest BCUT2D eigenvalue weighted by atomic mass is 19.4. The highest BCUT2D eigenvalue weighted by Crippen LogP contribution is 2.30. The first-order valence-electron chi connectivity index (χ1n) is 10.5. The van der Waals surface area contributed by atoms with E-state index < -0.39 is 65.9 Å². The van der Waals surface area contributed by atoms with Gasteiger partial charge in [-0.3, -0.25) is 4.79 Å². The van der Waals surface area contributed by atoms with E-state index in [1.807, 2.05) is 0 Å². The number of hydrogen-bond donors (Lipinski definition) is 0. The normalized spacial score (nSPS) is 15.1. The Morgan fingerprint density at radius 1 is 1.06 bits per heavy atom. The molecule has 1 aliphatic heterocycles. The molecule has 14 heteroatoms. The highest BCUT2D eigenvalue weighted by Gasteiger charge is 2.40. The largest absolute Gasteiger partial charge is 0.530 e. The van der Waals surface area contributed by atoms with Gasteiger partial charge >= 0.3 is 6.18 Å². The first-order valence-corrected chi connectivity index (χ1v) is 10.5.